The molecule has 166 valence electrons. The van der Waals surface area contributed by atoms with E-state index in [1.54, 1.807) is 29.6 Å². The molecule has 32 heavy (non-hydrogen) atoms. The van der Waals surface area contributed by atoms with Gasteiger partial charge in [0.15, 0.2) is 11.6 Å². The molecule has 4 rings (SSSR count). The van der Waals surface area contributed by atoms with Crippen molar-refractivity contribution in [2.45, 2.75) is 20.0 Å². The zero-order chi connectivity index (χ0) is 22.3. The number of nitrogens with one attached hydrogen (secondary N) is 1. The molecule has 0 radical (unpaired) electrons. The second kappa shape index (κ2) is 9.90. The fourth-order valence-corrected chi connectivity index (χ4v) is 3.45. The van der Waals surface area contributed by atoms with E-state index in [0.29, 0.717) is 43.4 Å². The van der Waals surface area contributed by atoms with Gasteiger partial charge in [-0.15, -0.1) is 0 Å². The smallest absolute Gasteiger partial charge is 0.323 e. The van der Waals surface area contributed by atoms with Crippen LogP contribution in [0.4, 0.5) is 22.4 Å². The van der Waals surface area contributed by atoms with Crippen LogP contribution >= 0.6 is 0 Å². The van der Waals surface area contributed by atoms with Crippen LogP contribution in [0.1, 0.15) is 18.2 Å². The summed E-state index contributed by atoms with van der Waals surface area (Å²) >= 11 is 0. The van der Waals surface area contributed by atoms with Crippen molar-refractivity contribution in [2.24, 2.45) is 0 Å². The van der Waals surface area contributed by atoms with Crippen molar-refractivity contribution < 1.29 is 9.53 Å². The van der Waals surface area contributed by atoms with Crippen LogP contribution in [0.5, 0.6) is 5.75 Å². The Morgan fingerprint density at radius 1 is 1.09 bits per heavy atom. The number of urea groups is 1. The number of carbonyl (C=O) groups excluding carboxylic acids is 1. The summed E-state index contributed by atoms with van der Waals surface area (Å²) in [4.78, 5) is 33.3. The molecule has 0 atom stereocenters. The number of hydrogen-bond acceptors (Lipinski definition) is 8. The van der Waals surface area contributed by atoms with Crippen LogP contribution in [0.25, 0.3) is 0 Å². The Morgan fingerprint density at radius 3 is 2.69 bits per heavy atom. The topological polar surface area (TPSA) is 122 Å². The fraction of sp³-hybridized carbons (Fsp3) is 0.318. The van der Waals surface area contributed by atoms with Crippen LogP contribution in [-0.2, 0) is 13.0 Å². The monoisotopic (exact) mass is 434 g/mol. The van der Waals surface area contributed by atoms with E-state index in [9.17, 15) is 4.79 Å². The predicted molar refractivity (Wildman–Crippen MR) is 121 cm³/mol. The van der Waals surface area contributed by atoms with Gasteiger partial charge in [-0.25, -0.2) is 24.7 Å². The quantitative estimate of drug-likeness (QED) is 0.606. The molecule has 10 nitrogen and oxygen atoms in total. The standard InChI is InChI=1S/C22H26N8O2/c1-2-16-5-8-24-19(14-16)28-22(31)30-12-10-29(11-13-30)20-18(4-3-7-25-20)32-15-17-6-9-26-21(23)27-17/h3-9,14H,2,10-13,15H2,1H3,(H2,23,26,27)(H,24,28,31). The van der Waals surface area contributed by atoms with Crippen LogP contribution in [0.3, 0.4) is 0 Å². The summed E-state index contributed by atoms with van der Waals surface area (Å²) in [6.45, 7) is 4.75. The Hall–Kier alpha value is -3.95. The molecule has 0 spiro atoms. The first-order valence-electron chi connectivity index (χ1n) is 10.5. The van der Waals surface area contributed by atoms with Crippen molar-refractivity contribution in [3.63, 3.8) is 0 Å². The molecule has 0 bridgehead atoms. The summed E-state index contributed by atoms with van der Waals surface area (Å²) in [6.07, 6.45) is 5.94. The van der Waals surface area contributed by atoms with E-state index in [-0.39, 0.29) is 18.6 Å². The third-order valence-electron chi connectivity index (χ3n) is 5.19. The van der Waals surface area contributed by atoms with Gasteiger partial charge in [0.05, 0.1) is 5.69 Å². The number of anilines is 3. The number of nitrogens with two attached hydrogens (primary N) is 1. The third kappa shape index (κ3) is 5.20. The lowest BCUT2D eigenvalue weighted by atomic mass is 10.2. The minimum atomic E-state index is -0.149. The van der Waals surface area contributed by atoms with Gasteiger partial charge in [-0.05, 0) is 42.3 Å². The number of aryl methyl sites for hydroxylation is 1. The highest BCUT2D eigenvalue weighted by atomic mass is 16.5. The fourth-order valence-electron chi connectivity index (χ4n) is 3.45. The van der Waals surface area contributed by atoms with Crippen LogP contribution in [0, 0.1) is 0 Å². The molecule has 3 N–H and O–H groups in total. The summed E-state index contributed by atoms with van der Waals surface area (Å²) < 4.78 is 5.96. The van der Waals surface area contributed by atoms with Crippen LogP contribution in [0.15, 0.2) is 48.9 Å². The highest BCUT2D eigenvalue weighted by Crippen LogP contribution is 2.27. The first-order valence-corrected chi connectivity index (χ1v) is 10.5. The first-order chi connectivity index (χ1) is 15.6. The normalized spacial score (nSPS) is 13.7. The second-order valence-electron chi connectivity index (χ2n) is 7.33. The van der Waals surface area contributed by atoms with Crippen molar-refractivity contribution in [3.05, 3.63) is 60.2 Å². The van der Waals surface area contributed by atoms with E-state index in [0.717, 1.165) is 17.8 Å². The van der Waals surface area contributed by atoms with Crippen LogP contribution in [0.2, 0.25) is 0 Å². The van der Waals surface area contributed by atoms with Gasteiger partial charge in [0.1, 0.15) is 12.4 Å². The Balaban J connectivity index is 1.35. The summed E-state index contributed by atoms with van der Waals surface area (Å²) in [5.74, 6) is 2.18. The molecule has 0 aliphatic carbocycles. The van der Waals surface area contributed by atoms with Crippen molar-refractivity contribution in [1.29, 1.82) is 0 Å². The Kier molecular flexibility index (Phi) is 6.59. The number of nitrogen functional groups attached to an aromatic ring is 1. The highest BCUT2D eigenvalue weighted by Gasteiger charge is 2.24. The van der Waals surface area contributed by atoms with E-state index >= 15 is 0 Å². The van der Waals surface area contributed by atoms with Crippen molar-refractivity contribution in [1.82, 2.24) is 24.8 Å². The molecular formula is C22H26N8O2. The number of piperazine rings is 1. The van der Waals surface area contributed by atoms with Gasteiger partial charge in [0.25, 0.3) is 0 Å². The number of hydrogen-bond donors (Lipinski definition) is 2. The number of pyridine rings is 2. The summed E-state index contributed by atoms with van der Waals surface area (Å²) in [5.41, 5.74) is 7.46. The van der Waals surface area contributed by atoms with Gasteiger partial charge in [0, 0.05) is 44.8 Å². The Bertz CT molecular complexity index is 1070. The molecule has 3 aromatic heterocycles. The number of rotatable bonds is 6. The molecule has 0 unspecified atom stereocenters. The van der Waals surface area contributed by atoms with Gasteiger partial charge in [-0.1, -0.05) is 6.92 Å². The maximum absolute atomic E-state index is 12.7. The molecule has 3 aromatic rings. The minimum absolute atomic E-state index is 0.149. The van der Waals surface area contributed by atoms with Gasteiger partial charge in [-0.2, -0.15) is 0 Å². The molecule has 1 saturated heterocycles. The van der Waals surface area contributed by atoms with Gasteiger partial charge in [-0.3, -0.25) is 5.32 Å². The van der Waals surface area contributed by atoms with Gasteiger partial charge < -0.3 is 20.3 Å². The Morgan fingerprint density at radius 2 is 1.91 bits per heavy atom. The largest absolute Gasteiger partial charge is 0.483 e. The lowest BCUT2D eigenvalue weighted by Crippen LogP contribution is -2.50. The molecule has 1 aliphatic rings. The minimum Gasteiger partial charge on any atom is -0.483 e. The van der Waals surface area contributed by atoms with E-state index in [4.69, 9.17) is 10.5 Å². The number of aromatic nitrogens is 4. The van der Waals surface area contributed by atoms with Crippen molar-refractivity contribution in [2.75, 3.05) is 42.1 Å². The maximum Gasteiger partial charge on any atom is 0.323 e. The molecule has 0 aromatic carbocycles. The Labute approximate surface area is 186 Å². The summed E-state index contributed by atoms with van der Waals surface area (Å²) in [5, 5.41) is 2.89. The predicted octanol–water partition coefficient (Wildman–Crippen LogP) is 2.34. The average molecular weight is 435 g/mol. The van der Waals surface area contributed by atoms with Gasteiger partial charge >= 0.3 is 6.03 Å². The number of nitrogens with zero attached hydrogens (tertiary/aromatic N) is 6. The molecule has 1 aliphatic heterocycles. The highest BCUT2D eigenvalue weighted by molar-refractivity contribution is 5.88. The lowest BCUT2D eigenvalue weighted by Gasteiger charge is -2.35. The van der Waals surface area contributed by atoms with E-state index in [1.807, 2.05) is 24.3 Å². The van der Waals surface area contributed by atoms with Crippen LogP contribution in [-0.4, -0.2) is 57.0 Å². The zero-order valence-electron chi connectivity index (χ0n) is 17.9. The molecule has 1 fully saturated rings. The number of amides is 2. The maximum atomic E-state index is 12.7. The van der Waals surface area contributed by atoms with Crippen molar-refractivity contribution >= 4 is 23.6 Å². The van der Waals surface area contributed by atoms with Gasteiger partial charge in [0.2, 0.25) is 5.95 Å². The second-order valence-corrected chi connectivity index (χ2v) is 7.33. The number of ether oxygens (including phenoxy) is 1. The first kappa shape index (κ1) is 21.3. The third-order valence-corrected chi connectivity index (χ3v) is 5.19. The molecule has 4 heterocycles. The van der Waals surface area contributed by atoms with Crippen LogP contribution < -0.4 is 20.7 Å². The molecule has 2 amide bonds. The van der Waals surface area contributed by atoms with E-state index < -0.39 is 0 Å². The number of carbonyl (C=O) groups is 1. The molecule has 0 saturated carbocycles. The molecular weight excluding hydrogens is 408 g/mol. The molecule has 10 heteroatoms. The average Bonchev–Trinajstić information content (AvgIpc) is 2.83. The van der Waals surface area contributed by atoms with E-state index in [2.05, 4.69) is 37.1 Å². The van der Waals surface area contributed by atoms with Crippen molar-refractivity contribution in [3.8, 4) is 5.75 Å². The van der Waals surface area contributed by atoms with E-state index in [1.165, 1.54) is 0 Å². The summed E-state index contributed by atoms with van der Waals surface area (Å²) in [6, 6.07) is 9.16. The lowest BCUT2D eigenvalue weighted by molar-refractivity contribution is 0.207. The SMILES string of the molecule is CCc1ccnc(NC(=O)N2CCN(c3ncccc3OCc3ccnc(N)n3)CC2)c1. The zero-order valence-corrected chi connectivity index (χ0v) is 17.9. The summed E-state index contributed by atoms with van der Waals surface area (Å²) in [7, 11) is 0.